The maximum absolute atomic E-state index is 3.23. The van der Waals surface area contributed by atoms with Crippen molar-refractivity contribution in [3.05, 3.63) is 0 Å². The van der Waals surface area contributed by atoms with E-state index in [0.29, 0.717) is 6.04 Å². The van der Waals surface area contributed by atoms with Gasteiger partial charge in [0.05, 0.1) is 0 Å². The summed E-state index contributed by atoms with van der Waals surface area (Å²) in [5.41, 5.74) is 0. The van der Waals surface area contributed by atoms with E-state index in [-0.39, 0.29) is 0 Å². The summed E-state index contributed by atoms with van der Waals surface area (Å²) < 4.78 is 0. The number of hydrogen-bond acceptors (Lipinski definition) is 3. The van der Waals surface area contributed by atoms with E-state index >= 15 is 0 Å². The van der Waals surface area contributed by atoms with Gasteiger partial charge in [-0.1, -0.05) is 6.92 Å². The Morgan fingerprint density at radius 2 is 2.25 bits per heavy atom. The van der Waals surface area contributed by atoms with Gasteiger partial charge >= 0.3 is 0 Å². The second-order valence-corrected chi connectivity index (χ2v) is 5.11. The van der Waals surface area contributed by atoms with Gasteiger partial charge < -0.3 is 10.2 Å². The fourth-order valence-electron chi connectivity index (χ4n) is 2.60. The predicted molar refractivity (Wildman–Crippen MR) is 70.9 cm³/mol. The van der Waals surface area contributed by atoms with Crippen LogP contribution in [0.3, 0.4) is 0 Å². The number of nitrogens with one attached hydrogen (secondary N) is 1. The molecule has 1 fully saturated rings. The van der Waals surface area contributed by atoms with Crippen molar-refractivity contribution < 1.29 is 0 Å². The minimum Gasteiger partial charge on any atom is -0.320 e. The molecule has 0 radical (unpaired) electrons. The lowest BCUT2D eigenvalue weighted by molar-refractivity contribution is 0.165. The van der Waals surface area contributed by atoms with Gasteiger partial charge in [0.2, 0.25) is 0 Å². The predicted octanol–water partition coefficient (Wildman–Crippen LogP) is 1.40. The minimum atomic E-state index is 0.687. The third-order valence-corrected chi connectivity index (χ3v) is 3.97. The second kappa shape index (κ2) is 7.25. The van der Waals surface area contributed by atoms with Gasteiger partial charge in [-0.3, -0.25) is 4.90 Å². The van der Waals surface area contributed by atoms with E-state index in [9.17, 15) is 0 Å². The largest absolute Gasteiger partial charge is 0.320 e. The summed E-state index contributed by atoms with van der Waals surface area (Å²) in [5.74, 6) is 0. The average molecular weight is 227 g/mol. The van der Waals surface area contributed by atoms with Crippen molar-refractivity contribution in [2.24, 2.45) is 0 Å². The number of rotatable bonds is 7. The normalized spacial score (nSPS) is 24.2. The Hall–Kier alpha value is -0.120. The topological polar surface area (TPSA) is 18.5 Å². The molecule has 1 N–H and O–H groups in total. The van der Waals surface area contributed by atoms with E-state index in [1.165, 1.54) is 38.9 Å². The number of likely N-dealkylation sites (tertiary alicyclic amines) is 1. The molecule has 96 valence electrons. The fraction of sp³-hybridized carbons (Fsp3) is 1.00. The van der Waals surface area contributed by atoms with Crippen LogP contribution in [0.25, 0.3) is 0 Å². The van der Waals surface area contributed by atoms with Gasteiger partial charge in [0.1, 0.15) is 0 Å². The zero-order valence-corrected chi connectivity index (χ0v) is 11.5. The Morgan fingerprint density at radius 3 is 2.88 bits per heavy atom. The van der Waals surface area contributed by atoms with Gasteiger partial charge in [0, 0.05) is 18.6 Å². The third kappa shape index (κ3) is 4.04. The Labute approximate surface area is 101 Å². The molecule has 2 atom stereocenters. The lowest BCUT2D eigenvalue weighted by Crippen LogP contribution is -2.42. The number of hydrogen-bond donors (Lipinski definition) is 1. The molecule has 1 saturated heterocycles. The van der Waals surface area contributed by atoms with E-state index < -0.39 is 0 Å². The molecule has 0 saturated carbocycles. The van der Waals surface area contributed by atoms with Gasteiger partial charge in [-0.15, -0.1) is 0 Å². The van der Waals surface area contributed by atoms with E-state index in [4.69, 9.17) is 0 Å². The van der Waals surface area contributed by atoms with Crippen LogP contribution in [-0.4, -0.2) is 62.2 Å². The van der Waals surface area contributed by atoms with Crippen molar-refractivity contribution in [1.82, 2.24) is 15.1 Å². The molecule has 0 aliphatic carbocycles. The molecular weight excluding hydrogens is 198 g/mol. The van der Waals surface area contributed by atoms with E-state index in [1.807, 2.05) is 7.05 Å². The van der Waals surface area contributed by atoms with Gasteiger partial charge in [-0.2, -0.15) is 0 Å². The summed E-state index contributed by atoms with van der Waals surface area (Å²) in [7, 11) is 4.30. The Bertz CT molecular complexity index is 184. The molecule has 0 spiro atoms. The third-order valence-electron chi connectivity index (χ3n) is 3.97. The van der Waals surface area contributed by atoms with Gasteiger partial charge in [-0.05, 0) is 59.9 Å². The second-order valence-electron chi connectivity index (χ2n) is 5.11. The van der Waals surface area contributed by atoms with Crippen LogP contribution < -0.4 is 5.32 Å². The zero-order valence-electron chi connectivity index (χ0n) is 11.5. The highest BCUT2D eigenvalue weighted by atomic mass is 15.2. The fourth-order valence-corrected chi connectivity index (χ4v) is 2.60. The van der Waals surface area contributed by atoms with Gasteiger partial charge in [0.15, 0.2) is 0 Å². The highest BCUT2D eigenvalue weighted by Gasteiger charge is 2.25. The van der Waals surface area contributed by atoms with Crippen LogP contribution in [-0.2, 0) is 0 Å². The molecular formula is C13H29N3. The van der Waals surface area contributed by atoms with E-state index in [2.05, 4.69) is 36.0 Å². The van der Waals surface area contributed by atoms with Gasteiger partial charge in [-0.25, -0.2) is 0 Å². The first-order valence-corrected chi connectivity index (χ1v) is 6.78. The van der Waals surface area contributed by atoms with Crippen molar-refractivity contribution in [2.75, 3.05) is 40.3 Å². The Balaban J connectivity index is 2.29. The molecule has 2 unspecified atom stereocenters. The first kappa shape index (κ1) is 13.9. The molecule has 3 nitrogen and oxygen atoms in total. The Morgan fingerprint density at radius 1 is 1.50 bits per heavy atom. The van der Waals surface area contributed by atoms with Crippen LogP contribution in [0, 0.1) is 0 Å². The van der Waals surface area contributed by atoms with Crippen molar-refractivity contribution in [3.8, 4) is 0 Å². The van der Waals surface area contributed by atoms with Crippen LogP contribution in [0.2, 0.25) is 0 Å². The van der Waals surface area contributed by atoms with Crippen molar-refractivity contribution in [1.29, 1.82) is 0 Å². The average Bonchev–Trinajstić information content (AvgIpc) is 2.72. The molecule has 16 heavy (non-hydrogen) atoms. The van der Waals surface area contributed by atoms with Crippen LogP contribution in [0.15, 0.2) is 0 Å². The summed E-state index contributed by atoms with van der Waals surface area (Å²) in [4.78, 5) is 5.15. The van der Waals surface area contributed by atoms with Crippen molar-refractivity contribution >= 4 is 0 Å². The lowest BCUT2D eigenvalue weighted by atomic mass is 10.1. The van der Waals surface area contributed by atoms with Crippen LogP contribution >= 0.6 is 0 Å². The number of nitrogens with zero attached hydrogens (tertiary/aromatic N) is 2. The summed E-state index contributed by atoms with van der Waals surface area (Å²) in [5, 5.41) is 3.23. The van der Waals surface area contributed by atoms with Crippen LogP contribution in [0.5, 0.6) is 0 Å². The summed E-state index contributed by atoms with van der Waals surface area (Å²) >= 11 is 0. The molecule has 0 aromatic heterocycles. The van der Waals surface area contributed by atoms with Gasteiger partial charge in [0.25, 0.3) is 0 Å². The smallest absolute Gasteiger partial charge is 0.0223 e. The minimum absolute atomic E-state index is 0.687. The standard InChI is InChI=1S/C13H29N3/c1-5-16-10-6-7-13(16)11-15(4)12(2)8-9-14-3/h12-14H,5-11H2,1-4H3. The molecule has 0 aromatic rings. The first-order chi connectivity index (χ1) is 7.69. The molecule has 1 rings (SSSR count). The molecule has 1 heterocycles. The molecule has 1 aliphatic rings. The highest BCUT2D eigenvalue weighted by molar-refractivity contribution is 4.81. The summed E-state index contributed by atoms with van der Waals surface area (Å²) in [6.07, 6.45) is 4.01. The molecule has 3 heteroatoms. The van der Waals surface area contributed by atoms with Crippen LogP contribution in [0.4, 0.5) is 0 Å². The van der Waals surface area contributed by atoms with E-state index in [0.717, 1.165) is 12.6 Å². The SMILES string of the molecule is CCN1CCCC1CN(C)C(C)CCNC. The molecule has 0 aromatic carbocycles. The number of likely N-dealkylation sites (N-methyl/N-ethyl adjacent to an activating group) is 2. The van der Waals surface area contributed by atoms with Crippen LogP contribution in [0.1, 0.15) is 33.1 Å². The monoisotopic (exact) mass is 227 g/mol. The van der Waals surface area contributed by atoms with Crippen molar-refractivity contribution in [3.63, 3.8) is 0 Å². The quantitative estimate of drug-likeness (QED) is 0.709. The molecule has 1 aliphatic heterocycles. The molecule has 0 bridgehead atoms. The van der Waals surface area contributed by atoms with Crippen molar-refractivity contribution in [2.45, 2.75) is 45.2 Å². The zero-order chi connectivity index (χ0) is 12.0. The maximum Gasteiger partial charge on any atom is 0.0223 e. The lowest BCUT2D eigenvalue weighted by Gasteiger charge is -2.31. The first-order valence-electron chi connectivity index (χ1n) is 6.78. The Kier molecular flexibility index (Phi) is 6.32. The van der Waals surface area contributed by atoms with E-state index in [1.54, 1.807) is 0 Å². The molecule has 0 amide bonds. The summed E-state index contributed by atoms with van der Waals surface area (Å²) in [6, 6.07) is 1.48. The summed E-state index contributed by atoms with van der Waals surface area (Å²) in [6.45, 7) is 9.49. The maximum atomic E-state index is 3.23. The highest BCUT2D eigenvalue weighted by Crippen LogP contribution is 2.18.